The Kier molecular flexibility index (Phi) is 11.0. The Labute approximate surface area is 253 Å². The van der Waals surface area contributed by atoms with Gasteiger partial charge in [0.15, 0.2) is 17.4 Å². The van der Waals surface area contributed by atoms with Crippen LogP contribution < -0.4 is 10.1 Å². The van der Waals surface area contributed by atoms with Gasteiger partial charge in [-0.25, -0.2) is 4.98 Å². The lowest BCUT2D eigenvalue weighted by atomic mass is 9.97. The van der Waals surface area contributed by atoms with Gasteiger partial charge >= 0.3 is 17.9 Å². The van der Waals surface area contributed by atoms with Crippen LogP contribution in [0.2, 0.25) is 0 Å². The third kappa shape index (κ3) is 8.71. The average molecular weight is 614 g/mol. The van der Waals surface area contributed by atoms with Gasteiger partial charge in [0, 0.05) is 34.2 Å². The van der Waals surface area contributed by atoms with E-state index < -0.39 is 53.6 Å². The molecule has 43 heavy (non-hydrogen) atoms. The molecule has 2 heterocycles. The number of thioether (sulfide) groups is 1. The van der Waals surface area contributed by atoms with Gasteiger partial charge in [0.25, 0.3) is 0 Å². The molecule has 230 valence electrons. The monoisotopic (exact) mass is 613 g/mol. The number of hydrogen-bond donors (Lipinski definition) is 1. The molecular formula is C30H35N3O9S. The third-order valence-corrected chi connectivity index (χ3v) is 7.61. The second-order valence-electron chi connectivity index (χ2n) is 9.89. The normalized spacial score (nSPS) is 21.5. The van der Waals surface area contributed by atoms with Crippen molar-refractivity contribution >= 4 is 46.6 Å². The number of imidazole rings is 1. The minimum Gasteiger partial charge on any atom is -0.494 e. The van der Waals surface area contributed by atoms with E-state index in [1.54, 1.807) is 0 Å². The SMILES string of the molecule is CC(=O)N[C@@H]1[C@@H](OC(C)=O)[C@H](OC(C)=O)[C@@H](COC(C)=O)O[C@H]1Sc1nc2ccccc2n1CCCOc1ccccc1. The van der Waals surface area contributed by atoms with Crippen molar-refractivity contribution < 1.29 is 42.9 Å². The zero-order valence-electron chi connectivity index (χ0n) is 24.4. The van der Waals surface area contributed by atoms with Crippen LogP contribution in [0.15, 0.2) is 59.8 Å². The number of hydrogen-bond acceptors (Lipinski definition) is 11. The molecule has 0 saturated carbocycles. The molecule has 1 aliphatic rings. The van der Waals surface area contributed by atoms with E-state index in [2.05, 4.69) is 5.32 Å². The predicted molar refractivity (Wildman–Crippen MR) is 156 cm³/mol. The van der Waals surface area contributed by atoms with Gasteiger partial charge in [-0.1, -0.05) is 42.1 Å². The lowest BCUT2D eigenvalue weighted by molar-refractivity contribution is -0.211. The molecule has 1 N–H and O–H groups in total. The Balaban J connectivity index is 1.65. The van der Waals surface area contributed by atoms with E-state index in [0.29, 0.717) is 24.7 Å². The van der Waals surface area contributed by atoms with Crippen molar-refractivity contribution in [2.45, 2.75) is 75.6 Å². The number of nitrogens with zero attached hydrogens (tertiary/aromatic N) is 2. The number of para-hydroxylation sites is 3. The molecule has 12 nitrogen and oxygen atoms in total. The zero-order chi connectivity index (χ0) is 30.9. The maximum absolute atomic E-state index is 12.3. The second-order valence-corrected chi connectivity index (χ2v) is 11.0. The predicted octanol–water partition coefficient (Wildman–Crippen LogP) is 3.25. The molecule has 13 heteroatoms. The van der Waals surface area contributed by atoms with E-state index in [0.717, 1.165) is 16.8 Å². The smallest absolute Gasteiger partial charge is 0.303 e. The number of amides is 1. The Morgan fingerprint density at radius 2 is 1.58 bits per heavy atom. The molecule has 1 amide bonds. The lowest BCUT2D eigenvalue weighted by Crippen LogP contribution is -2.65. The van der Waals surface area contributed by atoms with Crippen LogP contribution in [0.1, 0.15) is 34.1 Å². The van der Waals surface area contributed by atoms with Gasteiger partial charge < -0.3 is 33.6 Å². The van der Waals surface area contributed by atoms with Crippen molar-refractivity contribution in [2.24, 2.45) is 0 Å². The van der Waals surface area contributed by atoms with E-state index in [-0.39, 0.29) is 6.61 Å². The summed E-state index contributed by atoms with van der Waals surface area (Å²) in [4.78, 5) is 53.1. The van der Waals surface area contributed by atoms with Crippen LogP contribution in [0.25, 0.3) is 11.0 Å². The summed E-state index contributed by atoms with van der Waals surface area (Å²) >= 11 is 1.21. The Hall–Kier alpha value is -4.10. The van der Waals surface area contributed by atoms with E-state index in [1.807, 2.05) is 59.2 Å². The Bertz CT molecular complexity index is 1430. The van der Waals surface area contributed by atoms with Crippen LogP contribution in [0.4, 0.5) is 0 Å². The summed E-state index contributed by atoms with van der Waals surface area (Å²) in [7, 11) is 0. The van der Waals surface area contributed by atoms with Gasteiger partial charge in [0.2, 0.25) is 5.91 Å². The first kappa shape index (κ1) is 31.8. The van der Waals surface area contributed by atoms with Gasteiger partial charge in [0.1, 0.15) is 29.9 Å². The van der Waals surface area contributed by atoms with Gasteiger partial charge in [-0.2, -0.15) is 0 Å². The molecule has 0 unspecified atom stereocenters. The summed E-state index contributed by atoms with van der Waals surface area (Å²) in [5, 5.41) is 3.39. The van der Waals surface area contributed by atoms with Crippen molar-refractivity contribution in [3.05, 3.63) is 54.6 Å². The number of nitrogens with one attached hydrogen (secondary N) is 1. The molecule has 0 aliphatic carbocycles. The summed E-state index contributed by atoms with van der Waals surface area (Å²) < 4.78 is 30.6. The first-order valence-corrected chi connectivity index (χ1v) is 14.7. The van der Waals surface area contributed by atoms with E-state index >= 15 is 0 Å². The second kappa shape index (κ2) is 14.9. The quantitative estimate of drug-likeness (QED) is 0.183. The van der Waals surface area contributed by atoms with E-state index in [1.165, 1.54) is 39.5 Å². The fourth-order valence-corrected chi connectivity index (χ4v) is 6.03. The van der Waals surface area contributed by atoms with Crippen molar-refractivity contribution in [3.63, 3.8) is 0 Å². The lowest BCUT2D eigenvalue weighted by Gasteiger charge is -2.44. The highest BCUT2D eigenvalue weighted by atomic mass is 32.2. The van der Waals surface area contributed by atoms with Gasteiger partial charge in [-0.15, -0.1) is 0 Å². The van der Waals surface area contributed by atoms with Crippen LogP contribution in [-0.4, -0.2) is 76.4 Å². The summed E-state index contributed by atoms with van der Waals surface area (Å²) in [5.41, 5.74) is 0.769. The minimum absolute atomic E-state index is 0.276. The molecule has 3 aromatic rings. The van der Waals surface area contributed by atoms with E-state index in [9.17, 15) is 19.2 Å². The topological polar surface area (TPSA) is 144 Å². The summed E-state index contributed by atoms with van der Waals surface area (Å²) in [5.74, 6) is -1.52. The van der Waals surface area contributed by atoms with E-state index in [4.69, 9.17) is 28.7 Å². The number of aryl methyl sites for hydroxylation is 1. The number of esters is 3. The largest absolute Gasteiger partial charge is 0.494 e. The highest BCUT2D eigenvalue weighted by molar-refractivity contribution is 7.99. The molecule has 1 aromatic heterocycles. The maximum atomic E-state index is 12.3. The fourth-order valence-electron chi connectivity index (χ4n) is 4.78. The van der Waals surface area contributed by atoms with Gasteiger partial charge in [-0.3, -0.25) is 19.2 Å². The number of rotatable bonds is 12. The molecule has 0 radical (unpaired) electrons. The number of carbonyl (C=O) groups is 4. The Morgan fingerprint density at radius 1 is 0.907 bits per heavy atom. The molecular weight excluding hydrogens is 578 g/mol. The molecule has 1 aliphatic heterocycles. The molecule has 1 saturated heterocycles. The Morgan fingerprint density at radius 3 is 2.26 bits per heavy atom. The standard InChI is InChI=1S/C30H35N3O9S/c1-18(34)31-26-28(41-21(4)37)27(40-20(3)36)25(17-39-19(2)35)42-29(26)43-30-32-23-13-8-9-14-24(23)33(30)15-10-16-38-22-11-6-5-7-12-22/h5-9,11-14,25-29H,10,15-17H2,1-4H3,(H,31,34)/t25-,26-,27-,28-,29+/m1/s1. The van der Waals surface area contributed by atoms with Crippen LogP contribution in [0.5, 0.6) is 5.75 Å². The van der Waals surface area contributed by atoms with Crippen molar-refractivity contribution in [1.29, 1.82) is 0 Å². The van der Waals surface area contributed by atoms with Crippen LogP contribution in [0, 0.1) is 0 Å². The number of benzene rings is 2. The van der Waals surface area contributed by atoms with Crippen molar-refractivity contribution in [3.8, 4) is 5.75 Å². The van der Waals surface area contributed by atoms with Crippen LogP contribution >= 0.6 is 11.8 Å². The van der Waals surface area contributed by atoms with Crippen LogP contribution in [0.3, 0.4) is 0 Å². The number of aromatic nitrogens is 2. The number of ether oxygens (including phenoxy) is 5. The summed E-state index contributed by atoms with van der Waals surface area (Å²) in [6, 6.07) is 16.2. The van der Waals surface area contributed by atoms with Crippen LogP contribution in [-0.2, 0) is 44.7 Å². The number of fused-ring (bicyclic) bond motifs is 1. The van der Waals surface area contributed by atoms with Gasteiger partial charge in [0.05, 0.1) is 17.6 Å². The van der Waals surface area contributed by atoms with Crippen molar-refractivity contribution in [1.82, 2.24) is 14.9 Å². The number of carbonyl (C=O) groups excluding carboxylic acids is 4. The first-order chi connectivity index (χ1) is 20.6. The maximum Gasteiger partial charge on any atom is 0.303 e. The molecule has 0 spiro atoms. The third-order valence-electron chi connectivity index (χ3n) is 6.45. The highest BCUT2D eigenvalue weighted by Crippen LogP contribution is 2.37. The zero-order valence-corrected chi connectivity index (χ0v) is 25.2. The average Bonchev–Trinajstić information content (AvgIpc) is 3.30. The molecule has 4 rings (SSSR count). The molecule has 2 aromatic carbocycles. The fraction of sp³-hybridized carbons (Fsp3) is 0.433. The molecule has 5 atom stereocenters. The first-order valence-electron chi connectivity index (χ1n) is 13.8. The van der Waals surface area contributed by atoms with Gasteiger partial charge in [-0.05, 0) is 30.7 Å². The molecule has 0 bridgehead atoms. The minimum atomic E-state index is -1.16. The van der Waals surface area contributed by atoms with Crippen molar-refractivity contribution in [2.75, 3.05) is 13.2 Å². The highest BCUT2D eigenvalue weighted by Gasteiger charge is 2.51. The summed E-state index contributed by atoms with van der Waals surface area (Å²) in [6.07, 6.45) is -2.64. The molecule has 1 fully saturated rings. The summed E-state index contributed by atoms with van der Waals surface area (Å²) in [6.45, 7) is 5.73.